The van der Waals surface area contributed by atoms with Crippen LogP contribution in [0.25, 0.3) is 22.2 Å². The first kappa shape index (κ1) is 13.7. The van der Waals surface area contributed by atoms with Crippen LogP contribution >= 0.6 is 15.9 Å². The molecule has 0 aliphatic carbocycles. The van der Waals surface area contributed by atoms with Crippen LogP contribution in [0.5, 0.6) is 0 Å². The van der Waals surface area contributed by atoms with E-state index in [1.165, 1.54) is 7.11 Å². The number of aromatic nitrogens is 2. The molecule has 0 spiro atoms. The van der Waals surface area contributed by atoms with Crippen LogP contribution < -0.4 is 0 Å². The minimum atomic E-state index is -0.461. The summed E-state index contributed by atoms with van der Waals surface area (Å²) >= 11 is 3.46. The van der Waals surface area contributed by atoms with Crippen molar-refractivity contribution in [3.63, 3.8) is 0 Å². The molecule has 4 nitrogen and oxygen atoms in total. The number of pyridine rings is 2. The van der Waals surface area contributed by atoms with Gasteiger partial charge in [-0.15, -0.1) is 0 Å². The molecule has 1 aromatic carbocycles. The zero-order chi connectivity index (χ0) is 14.8. The normalized spacial score (nSPS) is 10.6. The minimum absolute atomic E-state index is 0.271. The van der Waals surface area contributed by atoms with Crippen molar-refractivity contribution in [2.24, 2.45) is 0 Å². The van der Waals surface area contributed by atoms with Gasteiger partial charge < -0.3 is 4.74 Å². The highest BCUT2D eigenvalue weighted by atomic mass is 79.9. The number of hydrogen-bond donors (Lipinski definition) is 0. The van der Waals surface area contributed by atoms with E-state index < -0.39 is 5.97 Å². The Kier molecular flexibility index (Phi) is 3.66. The van der Waals surface area contributed by atoms with E-state index in [1.807, 2.05) is 36.4 Å². The number of hydrogen-bond acceptors (Lipinski definition) is 4. The quantitative estimate of drug-likeness (QED) is 0.664. The van der Waals surface area contributed by atoms with Gasteiger partial charge in [-0.25, -0.2) is 9.78 Å². The Balaban J connectivity index is 2.33. The molecule has 0 aliphatic rings. The fourth-order valence-corrected chi connectivity index (χ4v) is 2.50. The topological polar surface area (TPSA) is 52.1 Å². The van der Waals surface area contributed by atoms with Gasteiger partial charge in [-0.3, -0.25) is 4.98 Å². The summed E-state index contributed by atoms with van der Waals surface area (Å²) in [6.45, 7) is 0. The van der Waals surface area contributed by atoms with Gasteiger partial charge in [0.05, 0.1) is 18.3 Å². The fourth-order valence-electron chi connectivity index (χ4n) is 2.14. The molecule has 0 radical (unpaired) electrons. The van der Waals surface area contributed by atoms with Crippen molar-refractivity contribution in [1.29, 1.82) is 0 Å². The van der Waals surface area contributed by atoms with Gasteiger partial charge in [0, 0.05) is 21.6 Å². The molecule has 2 aromatic heterocycles. The summed E-state index contributed by atoms with van der Waals surface area (Å²) in [4.78, 5) is 20.5. The molecule has 0 atom stereocenters. The first-order valence-corrected chi connectivity index (χ1v) is 7.08. The maximum Gasteiger partial charge on any atom is 0.356 e. The average Bonchev–Trinajstić information content (AvgIpc) is 2.54. The van der Waals surface area contributed by atoms with Crippen LogP contribution in [0.1, 0.15) is 10.5 Å². The summed E-state index contributed by atoms with van der Waals surface area (Å²) in [6, 6.07) is 13.1. The van der Waals surface area contributed by atoms with E-state index in [-0.39, 0.29) is 5.69 Å². The molecule has 5 heteroatoms. The number of fused-ring (bicyclic) bond motifs is 1. The van der Waals surface area contributed by atoms with Crippen LogP contribution in [-0.4, -0.2) is 23.0 Å². The van der Waals surface area contributed by atoms with Crippen molar-refractivity contribution >= 4 is 32.8 Å². The summed E-state index contributed by atoms with van der Waals surface area (Å²) in [5.41, 5.74) is 2.63. The number of esters is 1. The molecule has 0 bridgehead atoms. The summed E-state index contributed by atoms with van der Waals surface area (Å²) in [5, 5.41) is 0.927. The molecule has 0 saturated heterocycles. The number of methoxy groups -OCH3 is 1. The van der Waals surface area contributed by atoms with Crippen LogP contribution in [0.4, 0.5) is 0 Å². The Bertz CT molecular complexity index is 819. The predicted molar refractivity (Wildman–Crippen MR) is 84.0 cm³/mol. The highest BCUT2D eigenvalue weighted by Crippen LogP contribution is 2.29. The van der Waals surface area contributed by atoms with Crippen molar-refractivity contribution in [3.05, 3.63) is 58.8 Å². The van der Waals surface area contributed by atoms with Crippen LogP contribution in [0, 0.1) is 0 Å². The second-order valence-electron chi connectivity index (χ2n) is 4.42. The van der Waals surface area contributed by atoms with Crippen molar-refractivity contribution in [2.75, 3.05) is 7.11 Å². The van der Waals surface area contributed by atoms with Crippen molar-refractivity contribution in [2.45, 2.75) is 0 Å². The third-order valence-electron chi connectivity index (χ3n) is 3.11. The largest absolute Gasteiger partial charge is 0.464 e. The zero-order valence-electron chi connectivity index (χ0n) is 11.2. The van der Waals surface area contributed by atoms with Gasteiger partial charge in [0.2, 0.25) is 0 Å². The van der Waals surface area contributed by atoms with Gasteiger partial charge in [0.1, 0.15) is 5.69 Å². The monoisotopic (exact) mass is 342 g/mol. The van der Waals surface area contributed by atoms with E-state index in [9.17, 15) is 4.79 Å². The Hall–Kier alpha value is -2.27. The summed E-state index contributed by atoms with van der Waals surface area (Å²) < 4.78 is 5.71. The Morgan fingerprint density at radius 1 is 1.19 bits per heavy atom. The van der Waals surface area contributed by atoms with Gasteiger partial charge >= 0.3 is 5.97 Å². The molecule has 21 heavy (non-hydrogen) atoms. The maximum atomic E-state index is 11.8. The highest BCUT2D eigenvalue weighted by Gasteiger charge is 2.14. The van der Waals surface area contributed by atoms with E-state index in [1.54, 1.807) is 12.3 Å². The zero-order valence-corrected chi connectivity index (χ0v) is 12.8. The van der Waals surface area contributed by atoms with E-state index in [4.69, 9.17) is 4.74 Å². The molecule has 0 N–H and O–H groups in total. The summed E-state index contributed by atoms with van der Waals surface area (Å²) in [6.07, 6.45) is 1.72. The Morgan fingerprint density at radius 3 is 2.76 bits per heavy atom. The third kappa shape index (κ3) is 2.64. The summed E-state index contributed by atoms with van der Waals surface area (Å²) in [5.74, 6) is -0.461. The number of carbonyl (C=O) groups is 1. The lowest BCUT2D eigenvalue weighted by atomic mass is 10.0. The molecule has 3 rings (SSSR count). The van der Waals surface area contributed by atoms with Gasteiger partial charge in [-0.05, 0) is 36.4 Å². The SMILES string of the molecule is COC(=O)c1cc(-c2ccccn2)c2cc(Br)ccc2n1. The lowest BCUT2D eigenvalue weighted by Gasteiger charge is -2.09. The molecule has 104 valence electrons. The molecule has 0 unspecified atom stereocenters. The van der Waals surface area contributed by atoms with Crippen molar-refractivity contribution < 1.29 is 9.53 Å². The molecule has 3 aromatic rings. The molecule has 0 fully saturated rings. The Morgan fingerprint density at radius 2 is 2.05 bits per heavy atom. The molecule has 2 heterocycles. The lowest BCUT2D eigenvalue weighted by Crippen LogP contribution is -2.05. The number of rotatable bonds is 2. The van der Waals surface area contributed by atoms with Crippen LogP contribution in [-0.2, 0) is 4.74 Å². The number of nitrogens with zero attached hydrogens (tertiary/aromatic N) is 2. The predicted octanol–water partition coefficient (Wildman–Crippen LogP) is 3.85. The van der Waals surface area contributed by atoms with Gasteiger partial charge in [-0.2, -0.15) is 0 Å². The van der Waals surface area contributed by atoms with Gasteiger partial charge in [0.15, 0.2) is 0 Å². The second-order valence-corrected chi connectivity index (χ2v) is 5.34. The fraction of sp³-hybridized carbons (Fsp3) is 0.0625. The smallest absolute Gasteiger partial charge is 0.356 e. The molecule has 0 amide bonds. The van der Waals surface area contributed by atoms with E-state index in [2.05, 4.69) is 25.9 Å². The molecule has 0 aliphatic heterocycles. The molecular formula is C16H11BrN2O2. The molecular weight excluding hydrogens is 332 g/mol. The first-order valence-electron chi connectivity index (χ1n) is 6.29. The van der Waals surface area contributed by atoms with Crippen LogP contribution in [0.15, 0.2) is 53.1 Å². The lowest BCUT2D eigenvalue weighted by molar-refractivity contribution is 0.0594. The van der Waals surface area contributed by atoms with Crippen LogP contribution in [0.3, 0.4) is 0 Å². The number of carbonyl (C=O) groups excluding carboxylic acids is 1. The third-order valence-corrected chi connectivity index (χ3v) is 3.60. The Labute approximate surface area is 129 Å². The van der Waals surface area contributed by atoms with Crippen LogP contribution in [0.2, 0.25) is 0 Å². The first-order chi connectivity index (χ1) is 10.2. The number of benzene rings is 1. The van der Waals surface area contributed by atoms with Gasteiger partial charge in [0.25, 0.3) is 0 Å². The number of ether oxygens (including phenoxy) is 1. The standard InChI is InChI=1S/C16H11BrN2O2/c1-21-16(20)15-9-12(13-4-2-3-7-18-13)11-8-10(17)5-6-14(11)19-15/h2-9H,1H3. The number of halogens is 1. The van der Waals surface area contributed by atoms with Crippen molar-refractivity contribution in [1.82, 2.24) is 9.97 Å². The second kappa shape index (κ2) is 5.61. The minimum Gasteiger partial charge on any atom is -0.464 e. The van der Waals surface area contributed by atoms with E-state index >= 15 is 0 Å². The van der Waals surface area contributed by atoms with Gasteiger partial charge in [-0.1, -0.05) is 22.0 Å². The average molecular weight is 343 g/mol. The summed E-state index contributed by atoms with van der Waals surface area (Å²) in [7, 11) is 1.34. The highest BCUT2D eigenvalue weighted by molar-refractivity contribution is 9.10. The maximum absolute atomic E-state index is 11.8. The van der Waals surface area contributed by atoms with Crippen molar-refractivity contribution in [3.8, 4) is 11.3 Å². The van der Waals surface area contributed by atoms with E-state index in [0.717, 1.165) is 26.6 Å². The van der Waals surface area contributed by atoms with E-state index in [0.29, 0.717) is 0 Å². The molecule has 0 saturated carbocycles.